The Hall–Kier alpha value is -0.0800. The number of hydrogen-bond donors (Lipinski definition) is 1. The van der Waals surface area contributed by atoms with Crippen molar-refractivity contribution >= 4 is 0 Å². The van der Waals surface area contributed by atoms with Gasteiger partial charge in [0.15, 0.2) is 0 Å². The second-order valence-corrected chi connectivity index (χ2v) is 8.51. The molecule has 0 amide bonds. The maximum atomic E-state index is 3.93. The Labute approximate surface area is 132 Å². The van der Waals surface area contributed by atoms with Crippen molar-refractivity contribution in [2.24, 2.45) is 17.3 Å². The largest absolute Gasteiger partial charge is 0.311 e. The molecule has 0 bridgehead atoms. The van der Waals surface area contributed by atoms with Gasteiger partial charge in [-0.25, -0.2) is 0 Å². The molecule has 0 aromatic heterocycles. The topological polar surface area (TPSA) is 15.3 Å². The first kappa shape index (κ1) is 15.8. The summed E-state index contributed by atoms with van der Waals surface area (Å²) in [5.41, 5.74) is 0.696. The number of piperazine rings is 1. The fourth-order valence-corrected chi connectivity index (χ4v) is 4.78. The quantitative estimate of drug-likeness (QED) is 0.822. The molecule has 0 aromatic rings. The van der Waals surface area contributed by atoms with E-state index < -0.39 is 0 Å². The monoisotopic (exact) mass is 292 g/mol. The SMILES string of the molecule is CCC1(CN2CC(C3CCCCC3)NCC2C(C)C)CC1. The summed E-state index contributed by atoms with van der Waals surface area (Å²) in [5.74, 6) is 1.73. The zero-order valence-corrected chi connectivity index (χ0v) is 14.5. The van der Waals surface area contributed by atoms with Crippen LogP contribution < -0.4 is 5.32 Å². The van der Waals surface area contributed by atoms with Crippen molar-refractivity contribution in [3.63, 3.8) is 0 Å². The molecule has 0 spiro atoms. The van der Waals surface area contributed by atoms with Crippen LogP contribution in [0.1, 0.15) is 72.1 Å². The van der Waals surface area contributed by atoms with Gasteiger partial charge in [0, 0.05) is 31.7 Å². The molecule has 3 fully saturated rings. The number of nitrogens with zero attached hydrogens (tertiary/aromatic N) is 1. The van der Waals surface area contributed by atoms with E-state index in [0.29, 0.717) is 5.41 Å². The van der Waals surface area contributed by atoms with Gasteiger partial charge >= 0.3 is 0 Å². The highest BCUT2D eigenvalue weighted by Crippen LogP contribution is 2.49. The van der Waals surface area contributed by atoms with Crippen LogP contribution in [0.5, 0.6) is 0 Å². The summed E-state index contributed by atoms with van der Waals surface area (Å²) in [5, 5.41) is 3.93. The van der Waals surface area contributed by atoms with Crippen LogP contribution in [0.15, 0.2) is 0 Å². The molecule has 2 atom stereocenters. The van der Waals surface area contributed by atoms with Crippen molar-refractivity contribution in [3.8, 4) is 0 Å². The van der Waals surface area contributed by atoms with Crippen LogP contribution in [0, 0.1) is 17.3 Å². The smallest absolute Gasteiger partial charge is 0.0244 e. The molecule has 2 heteroatoms. The van der Waals surface area contributed by atoms with Gasteiger partial charge in [0.1, 0.15) is 0 Å². The molecule has 1 aliphatic heterocycles. The molecular weight excluding hydrogens is 256 g/mol. The van der Waals surface area contributed by atoms with Gasteiger partial charge < -0.3 is 5.32 Å². The molecule has 21 heavy (non-hydrogen) atoms. The Bertz CT molecular complexity index is 328. The van der Waals surface area contributed by atoms with Crippen LogP contribution in [-0.2, 0) is 0 Å². The van der Waals surface area contributed by atoms with E-state index >= 15 is 0 Å². The third-order valence-electron chi connectivity index (χ3n) is 6.72. The van der Waals surface area contributed by atoms with E-state index in [1.165, 1.54) is 71.0 Å². The fraction of sp³-hybridized carbons (Fsp3) is 1.00. The lowest BCUT2D eigenvalue weighted by atomic mass is 9.81. The van der Waals surface area contributed by atoms with Crippen molar-refractivity contribution in [3.05, 3.63) is 0 Å². The van der Waals surface area contributed by atoms with E-state index in [-0.39, 0.29) is 0 Å². The fourth-order valence-electron chi connectivity index (χ4n) is 4.78. The number of rotatable bonds is 5. The first-order chi connectivity index (χ1) is 10.1. The van der Waals surface area contributed by atoms with Crippen LogP contribution in [0.4, 0.5) is 0 Å². The van der Waals surface area contributed by atoms with Gasteiger partial charge in [-0.3, -0.25) is 4.90 Å². The van der Waals surface area contributed by atoms with Crippen LogP contribution in [-0.4, -0.2) is 36.6 Å². The van der Waals surface area contributed by atoms with Crippen LogP contribution in [0.2, 0.25) is 0 Å². The molecule has 0 aromatic carbocycles. The molecule has 2 saturated carbocycles. The average Bonchev–Trinajstić information content (AvgIpc) is 3.28. The van der Waals surface area contributed by atoms with Crippen LogP contribution >= 0.6 is 0 Å². The molecule has 1 heterocycles. The first-order valence-electron chi connectivity index (χ1n) is 9.61. The lowest BCUT2D eigenvalue weighted by Gasteiger charge is -2.46. The van der Waals surface area contributed by atoms with Crippen molar-refractivity contribution in [2.75, 3.05) is 19.6 Å². The maximum Gasteiger partial charge on any atom is 0.0244 e. The first-order valence-corrected chi connectivity index (χ1v) is 9.61. The summed E-state index contributed by atoms with van der Waals surface area (Å²) in [6.07, 6.45) is 11.7. The maximum absolute atomic E-state index is 3.93. The molecule has 2 unspecified atom stereocenters. The van der Waals surface area contributed by atoms with Gasteiger partial charge in [-0.15, -0.1) is 0 Å². The van der Waals surface area contributed by atoms with E-state index in [9.17, 15) is 0 Å². The average molecular weight is 293 g/mol. The standard InChI is InChI=1S/C19H36N2/c1-4-19(10-11-19)14-21-13-17(16-8-6-5-7-9-16)20-12-18(21)15(2)3/h15-18,20H,4-14H2,1-3H3. The highest BCUT2D eigenvalue weighted by Gasteiger charge is 2.45. The third kappa shape index (κ3) is 3.64. The summed E-state index contributed by atoms with van der Waals surface area (Å²) in [7, 11) is 0. The summed E-state index contributed by atoms with van der Waals surface area (Å²) in [6, 6.07) is 1.53. The second-order valence-electron chi connectivity index (χ2n) is 8.51. The van der Waals surface area contributed by atoms with E-state index in [1.807, 2.05) is 0 Å². The highest BCUT2D eigenvalue weighted by molar-refractivity contribution is 4.99. The van der Waals surface area contributed by atoms with Crippen molar-refractivity contribution in [1.29, 1.82) is 0 Å². The Morgan fingerprint density at radius 3 is 2.43 bits per heavy atom. The Balaban J connectivity index is 1.63. The van der Waals surface area contributed by atoms with Crippen LogP contribution in [0.25, 0.3) is 0 Å². The molecule has 1 N–H and O–H groups in total. The lowest BCUT2D eigenvalue weighted by Crippen LogP contribution is -2.61. The molecular formula is C19H36N2. The van der Waals surface area contributed by atoms with Gasteiger partial charge in [0.05, 0.1) is 0 Å². The summed E-state index contributed by atoms with van der Waals surface area (Å²) < 4.78 is 0. The zero-order chi connectivity index (χ0) is 14.9. The van der Waals surface area contributed by atoms with Gasteiger partial charge in [-0.05, 0) is 49.4 Å². The molecule has 2 nitrogen and oxygen atoms in total. The summed E-state index contributed by atoms with van der Waals surface area (Å²) >= 11 is 0. The molecule has 2 aliphatic carbocycles. The zero-order valence-electron chi connectivity index (χ0n) is 14.5. The molecule has 1 saturated heterocycles. The minimum absolute atomic E-state index is 0.696. The predicted octanol–water partition coefficient (Wildman–Crippen LogP) is 4.06. The minimum atomic E-state index is 0.696. The Morgan fingerprint density at radius 1 is 1.14 bits per heavy atom. The van der Waals surface area contributed by atoms with E-state index in [0.717, 1.165) is 23.9 Å². The minimum Gasteiger partial charge on any atom is -0.311 e. The second kappa shape index (κ2) is 6.58. The van der Waals surface area contributed by atoms with Gasteiger partial charge in [0.25, 0.3) is 0 Å². The van der Waals surface area contributed by atoms with Crippen LogP contribution in [0.3, 0.4) is 0 Å². The highest BCUT2D eigenvalue weighted by atomic mass is 15.2. The Morgan fingerprint density at radius 2 is 1.86 bits per heavy atom. The number of nitrogens with one attached hydrogen (secondary N) is 1. The molecule has 122 valence electrons. The van der Waals surface area contributed by atoms with E-state index in [1.54, 1.807) is 0 Å². The predicted molar refractivity (Wildman–Crippen MR) is 90.5 cm³/mol. The van der Waals surface area contributed by atoms with Crippen molar-refractivity contribution < 1.29 is 0 Å². The van der Waals surface area contributed by atoms with Gasteiger partial charge in [-0.2, -0.15) is 0 Å². The number of hydrogen-bond acceptors (Lipinski definition) is 2. The normalized spacial score (nSPS) is 34.3. The van der Waals surface area contributed by atoms with Gasteiger partial charge in [-0.1, -0.05) is 40.0 Å². The lowest BCUT2D eigenvalue weighted by molar-refractivity contribution is 0.0540. The Kier molecular flexibility index (Phi) is 4.95. The molecule has 3 rings (SSSR count). The summed E-state index contributed by atoms with van der Waals surface area (Å²) in [4.78, 5) is 2.89. The van der Waals surface area contributed by atoms with Crippen molar-refractivity contribution in [1.82, 2.24) is 10.2 Å². The third-order valence-corrected chi connectivity index (χ3v) is 6.72. The van der Waals surface area contributed by atoms with Crippen molar-refractivity contribution in [2.45, 2.75) is 84.2 Å². The molecule has 0 radical (unpaired) electrons. The van der Waals surface area contributed by atoms with E-state index in [4.69, 9.17) is 0 Å². The molecule has 3 aliphatic rings. The van der Waals surface area contributed by atoms with E-state index in [2.05, 4.69) is 31.0 Å². The summed E-state index contributed by atoms with van der Waals surface area (Å²) in [6.45, 7) is 11.1. The van der Waals surface area contributed by atoms with Gasteiger partial charge in [0.2, 0.25) is 0 Å².